The zero-order chi connectivity index (χ0) is 25.3. The number of hydrogen-bond donors (Lipinski definition) is 1. The summed E-state index contributed by atoms with van der Waals surface area (Å²) in [4.78, 5) is 13.7. The molecule has 35 heavy (non-hydrogen) atoms. The van der Waals surface area contributed by atoms with Crippen molar-refractivity contribution in [3.63, 3.8) is 0 Å². The second-order valence-corrected chi connectivity index (χ2v) is 11.1. The lowest BCUT2D eigenvalue weighted by molar-refractivity contribution is -0.131. The number of hydrogen-bond acceptors (Lipinski definition) is 2. The van der Waals surface area contributed by atoms with Crippen LogP contribution in [0.1, 0.15) is 50.7 Å². The number of anilines is 1. The Morgan fingerprint density at radius 2 is 1.89 bits per heavy atom. The smallest absolute Gasteiger partial charge is 0.347 e. The molecule has 0 spiro atoms. The van der Waals surface area contributed by atoms with Crippen LogP contribution in [0.25, 0.3) is 0 Å². The van der Waals surface area contributed by atoms with Crippen LogP contribution < -0.4 is 4.90 Å². The van der Waals surface area contributed by atoms with E-state index in [0.29, 0.717) is 11.5 Å². The summed E-state index contributed by atoms with van der Waals surface area (Å²) in [6.45, 7) is 7.49. The molecule has 4 rings (SSSR count). The predicted molar refractivity (Wildman–Crippen MR) is 149 cm³/mol. The van der Waals surface area contributed by atoms with Crippen molar-refractivity contribution in [3.8, 4) is 0 Å². The van der Waals surface area contributed by atoms with Gasteiger partial charge in [-0.1, -0.05) is 89.4 Å². The summed E-state index contributed by atoms with van der Waals surface area (Å²) < 4.78 is 1.07. The SMILES string of the molecule is CCN1/C(=C/C=C2\CC(c3ccccc3)CC(/C=C(\Cl)C(=O)O)=C2Cl)C(C)(C)c2cc(Br)ccc21. The van der Waals surface area contributed by atoms with E-state index >= 15 is 0 Å². The van der Waals surface area contributed by atoms with Gasteiger partial charge in [-0.3, -0.25) is 0 Å². The average Bonchev–Trinajstić information content (AvgIpc) is 3.05. The van der Waals surface area contributed by atoms with Crippen LogP contribution in [0.4, 0.5) is 5.69 Å². The number of allylic oxidation sites excluding steroid dienone is 7. The summed E-state index contributed by atoms with van der Waals surface area (Å²) in [6, 6.07) is 16.7. The molecule has 1 atom stereocenters. The average molecular weight is 573 g/mol. The lowest BCUT2D eigenvalue weighted by atomic mass is 9.80. The molecule has 0 aromatic heterocycles. The van der Waals surface area contributed by atoms with Gasteiger partial charge in [-0.15, -0.1) is 0 Å². The number of carbonyl (C=O) groups is 1. The van der Waals surface area contributed by atoms with Crippen LogP contribution in [0.3, 0.4) is 0 Å². The third-order valence-electron chi connectivity index (χ3n) is 6.89. The molecule has 3 nitrogen and oxygen atoms in total. The molecule has 1 unspecified atom stereocenters. The fourth-order valence-corrected chi connectivity index (χ4v) is 5.86. The van der Waals surface area contributed by atoms with Gasteiger partial charge in [0.15, 0.2) is 0 Å². The molecular formula is C29H28BrCl2NO2. The first-order valence-corrected chi connectivity index (χ1v) is 13.2. The highest BCUT2D eigenvalue weighted by Crippen LogP contribution is 2.49. The van der Waals surface area contributed by atoms with Gasteiger partial charge in [0.2, 0.25) is 0 Å². The minimum atomic E-state index is -1.16. The maximum atomic E-state index is 11.4. The van der Waals surface area contributed by atoms with Crippen molar-refractivity contribution < 1.29 is 9.90 Å². The highest BCUT2D eigenvalue weighted by Gasteiger charge is 2.39. The van der Waals surface area contributed by atoms with E-state index in [1.165, 1.54) is 28.6 Å². The fourth-order valence-electron chi connectivity index (χ4n) is 5.10. The molecule has 0 saturated carbocycles. The largest absolute Gasteiger partial charge is 0.477 e. The molecule has 1 heterocycles. The van der Waals surface area contributed by atoms with Gasteiger partial charge in [0.1, 0.15) is 5.03 Å². The Kier molecular flexibility index (Phi) is 7.65. The molecule has 2 aliphatic rings. The Labute approximate surface area is 225 Å². The normalized spacial score (nSPS) is 22.2. The molecule has 1 aliphatic heterocycles. The molecule has 1 aliphatic carbocycles. The Morgan fingerprint density at radius 3 is 2.54 bits per heavy atom. The molecule has 2 aromatic rings. The Hall–Kier alpha value is -2.27. The maximum Gasteiger partial charge on any atom is 0.347 e. The molecule has 182 valence electrons. The third-order valence-corrected chi connectivity index (χ3v) is 8.13. The van der Waals surface area contributed by atoms with Gasteiger partial charge in [0.25, 0.3) is 0 Å². The predicted octanol–water partition coefficient (Wildman–Crippen LogP) is 8.65. The van der Waals surface area contributed by atoms with Crippen molar-refractivity contribution in [2.24, 2.45) is 0 Å². The van der Waals surface area contributed by atoms with Gasteiger partial charge in [-0.2, -0.15) is 0 Å². The van der Waals surface area contributed by atoms with E-state index in [1.54, 1.807) is 0 Å². The van der Waals surface area contributed by atoms with Crippen molar-refractivity contribution in [2.75, 3.05) is 11.4 Å². The van der Waals surface area contributed by atoms with Gasteiger partial charge in [-0.05, 0) is 78.3 Å². The number of benzene rings is 2. The summed E-state index contributed by atoms with van der Waals surface area (Å²) in [7, 11) is 0. The number of nitrogens with zero attached hydrogens (tertiary/aromatic N) is 1. The topological polar surface area (TPSA) is 40.5 Å². The van der Waals surface area contributed by atoms with E-state index in [1.807, 2.05) is 18.2 Å². The fraction of sp³-hybridized carbons (Fsp3) is 0.276. The minimum Gasteiger partial charge on any atom is -0.477 e. The van der Waals surface area contributed by atoms with Gasteiger partial charge in [-0.25, -0.2) is 4.79 Å². The van der Waals surface area contributed by atoms with E-state index in [0.717, 1.165) is 28.6 Å². The van der Waals surface area contributed by atoms with Gasteiger partial charge < -0.3 is 10.0 Å². The second-order valence-electron chi connectivity index (χ2n) is 9.43. The summed E-state index contributed by atoms with van der Waals surface area (Å²) in [5.74, 6) is -0.979. The molecule has 1 N–H and O–H groups in total. The zero-order valence-corrected chi connectivity index (χ0v) is 23.1. The first-order chi connectivity index (χ1) is 16.6. The zero-order valence-electron chi connectivity index (χ0n) is 20.0. The van der Waals surface area contributed by atoms with Crippen LogP contribution in [0.2, 0.25) is 0 Å². The van der Waals surface area contributed by atoms with E-state index < -0.39 is 5.97 Å². The molecule has 0 amide bonds. The number of halogens is 3. The number of rotatable bonds is 5. The van der Waals surface area contributed by atoms with Crippen LogP contribution in [-0.4, -0.2) is 17.6 Å². The van der Waals surface area contributed by atoms with Crippen molar-refractivity contribution in [2.45, 2.75) is 44.9 Å². The van der Waals surface area contributed by atoms with Crippen molar-refractivity contribution >= 4 is 50.8 Å². The highest BCUT2D eigenvalue weighted by molar-refractivity contribution is 9.10. The first-order valence-electron chi connectivity index (χ1n) is 11.7. The van der Waals surface area contributed by atoms with Crippen molar-refractivity contribution in [1.82, 2.24) is 0 Å². The maximum absolute atomic E-state index is 11.4. The monoisotopic (exact) mass is 571 g/mol. The molecule has 2 aromatic carbocycles. The number of carboxylic acid groups (broad SMARTS) is 1. The number of aliphatic carboxylic acids is 1. The number of carboxylic acids is 1. The Morgan fingerprint density at radius 1 is 1.17 bits per heavy atom. The lowest BCUT2D eigenvalue weighted by Gasteiger charge is -2.28. The highest BCUT2D eigenvalue weighted by atomic mass is 79.9. The van der Waals surface area contributed by atoms with Crippen molar-refractivity contribution in [3.05, 3.63) is 109 Å². The standard InChI is InChI=1S/C29H28BrCl2NO2/c1-4-33-25-12-11-22(30)17-23(25)29(2,3)26(33)13-10-19-14-20(18-8-6-5-7-9-18)15-21(27(19)32)16-24(31)28(34)35/h5-13,16-17,20H,4,14-15H2,1-3H3,(H,34,35)/b19-10+,24-16-,26-13+. The van der Waals surface area contributed by atoms with Crippen molar-refractivity contribution in [1.29, 1.82) is 0 Å². The summed E-state index contributed by atoms with van der Waals surface area (Å²) in [5.41, 5.74) is 6.44. The van der Waals surface area contributed by atoms with Crippen LogP contribution in [0, 0.1) is 0 Å². The van der Waals surface area contributed by atoms with Gasteiger partial charge >= 0.3 is 5.97 Å². The molecule has 0 saturated heterocycles. The van der Waals surface area contributed by atoms with Crippen LogP contribution in [0.15, 0.2) is 98.1 Å². The van der Waals surface area contributed by atoms with Crippen LogP contribution in [-0.2, 0) is 10.2 Å². The van der Waals surface area contributed by atoms with Gasteiger partial charge in [0.05, 0.1) is 0 Å². The first kappa shape index (κ1) is 25.8. The van der Waals surface area contributed by atoms with E-state index in [2.05, 4.69) is 84.1 Å². The number of likely N-dealkylation sites (N-methyl/N-ethyl adjacent to an activating group) is 1. The quantitative estimate of drug-likeness (QED) is 0.364. The van der Waals surface area contributed by atoms with E-state index in [-0.39, 0.29) is 16.4 Å². The third kappa shape index (κ3) is 5.16. The molecule has 0 radical (unpaired) electrons. The molecule has 0 fully saturated rings. The summed E-state index contributed by atoms with van der Waals surface area (Å²) in [5, 5.41) is 9.66. The summed E-state index contributed by atoms with van der Waals surface area (Å²) in [6.07, 6.45) is 7.16. The van der Waals surface area contributed by atoms with Crippen LogP contribution >= 0.6 is 39.1 Å². The van der Waals surface area contributed by atoms with E-state index in [9.17, 15) is 9.90 Å². The lowest BCUT2D eigenvalue weighted by Crippen LogP contribution is -2.25. The molecular weight excluding hydrogens is 545 g/mol. The number of fused-ring (bicyclic) bond motifs is 1. The van der Waals surface area contributed by atoms with Gasteiger partial charge in [0, 0.05) is 32.8 Å². The van der Waals surface area contributed by atoms with Crippen LogP contribution in [0.5, 0.6) is 0 Å². The Bertz CT molecular complexity index is 1270. The minimum absolute atomic E-state index is 0.175. The molecule has 6 heteroatoms. The summed E-state index contributed by atoms with van der Waals surface area (Å²) >= 11 is 16.5. The molecule has 0 bridgehead atoms. The Balaban J connectivity index is 1.80. The second kappa shape index (κ2) is 10.4. The van der Waals surface area contributed by atoms with E-state index in [4.69, 9.17) is 23.2 Å².